The fraction of sp³-hybridized carbons (Fsp3) is 0.917. The van der Waals surface area contributed by atoms with Crippen molar-refractivity contribution in [2.75, 3.05) is 33.7 Å². The standard InChI is InChI=1S/C12H27N3O/c1-12(2,3)8-10(9-13)11(16)15(5)7-6-14-4/h10,14H,6-9,13H2,1-5H3. The second-order valence-corrected chi connectivity index (χ2v) is 5.56. The van der Waals surface area contributed by atoms with Gasteiger partial charge in [-0.15, -0.1) is 0 Å². The van der Waals surface area contributed by atoms with Gasteiger partial charge in [0.1, 0.15) is 0 Å². The summed E-state index contributed by atoms with van der Waals surface area (Å²) in [7, 11) is 3.72. The molecule has 16 heavy (non-hydrogen) atoms. The Bertz CT molecular complexity index is 211. The lowest BCUT2D eigenvalue weighted by atomic mass is 9.84. The third kappa shape index (κ3) is 6.08. The molecule has 1 amide bonds. The second kappa shape index (κ2) is 6.86. The van der Waals surface area contributed by atoms with E-state index in [-0.39, 0.29) is 17.2 Å². The highest BCUT2D eigenvalue weighted by Gasteiger charge is 2.25. The summed E-state index contributed by atoms with van der Waals surface area (Å²) in [4.78, 5) is 13.8. The van der Waals surface area contributed by atoms with Crippen molar-refractivity contribution in [1.29, 1.82) is 0 Å². The van der Waals surface area contributed by atoms with E-state index in [0.29, 0.717) is 6.54 Å². The number of nitrogens with zero attached hydrogens (tertiary/aromatic N) is 1. The minimum absolute atomic E-state index is 0.0538. The van der Waals surface area contributed by atoms with Crippen LogP contribution >= 0.6 is 0 Å². The zero-order valence-corrected chi connectivity index (χ0v) is 11.3. The van der Waals surface area contributed by atoms with E-state index in [2.05, 4.69) is 26.1 Å². The molecule has 0 bridgehead atoms. The smallest absolute Gasteiger partial charge is 0.226 e. The van der Waals surface area contributed by atoms with Crippen molar-refractivity contribution in [3.8, 4) is 0 Å². The lowest BCUT2D eigenvalue weighted by molar-refractivity contribution is -0.134. The Morgan fingerprint density at radius 3 is 2.38 bits per heavy atom. The molecule has 3 N–H and O–H groups in total. The fourth-order valence-electron chi connectivity index (χ4n) is 1.71. The SMILES string of the molecule is CNCCN(C)C(=O)C(CN)CC(C)(C)C. The predicted octanol–water partition coefficient (Wildman–Crippen LogP) is 0.675. The number of nitrogens with two attached hydrogens (primary N) is 1. The van der Waals surface area contributed by atoms with E-state index in [0.717, 1.165) is 19.5 Å². The number of hydrogen-bond donors (Lipinski definition) is 2. The first-order valence-electron chi connectivity index (χ1n) is 5.91. The molecule has 0 aromatic rings. The molecular weight excluding hydrogens is 202 g/mol. The minimum atomic E-state index is -0.0538. The molecule has 0 aliphatic carbocycles. The summed E-state index contributed by atoms with van der Waals surface area (Å²) < 4.78 is 0. The molecule has 0 aliphatic heterocycles. The molecule has 0 heterocycles. The van der Waals surface area contributed by atoms with E-state index in [4.69, 9.17) is 5.73 Å². The Hall–Kier alpha value is -0.610. The number of amides is 1. The first kappa shape index (κ1) is 15.4. The summed E-state index contributed by atoms with van der Waals surface area (Å²) in [5.74, 6) is 0.106. The molecule has 0 saturated heterocycles. The Morgan fingerprint density at radius 2 is 2.00 bits per heavy atom. The number of likely N-dealkylation sites (N-methyl/N-ethyl adjacent to an activating group) is 2. The van der Waals surface area contributed by atoms with Gasteiger partial charge in [-0.3, -0.25) is 4.79 Å². The molecule has 0 rings (SSSR count). The van der Waals surface area contributed by atoms with Crippen LogP contribution in [0.3, 0.4) is 0 Å². The lowest BCUT2D eigenvalue weighted by Gasteiger charge is -2.28. The predicted molar refractivity (Wildman–Crippen MR) is 68.2 cm³/mol. The number of rotatable bonds is 6. The van der Waals surface area contributed by atoms with Crippen LogP contribution in [-0.4, -0.2) is 44.5 Å². The van der Waals surface area contributed by atoms with Crippen molar-refractivity contribution in [2.45, 2.75) is 27.2 Å². The van der Waals surface area contributed by atoms with E-state index in [1.807, 2.05) is 14.1 Å². The van der Waals surface area contributed by atoms with Gasteiger partial charge in [-0.1, -0.05) is 20.8 Å². The summed E-state index contributed by atoms with van der Waals surface area (Å²) in [6.45, 7) is 8.38. The molecule has 0 spiro atoms. The lowest BCUT2D eigenvalue weighted by Crippen LogP contribution is -2.40. The summed E-state index contributed by atoms with van der Waals surface area (Å²) >= 11 is 0. The molecule has 0 radical (unpaired) electrons. The molecule has 1 unspecified atom stereocenters. The molecule has 0 aromatic carbocycles. The van der Waals surface area contributed by atoms with Gasteiger partial charge in [-0.2, -0.15) is 0 Å². The van der Waals surface area contributed by atoms with Crippen molar-refractivity contribution in [2.24, 2.45) is 17.1 Å². The van der Waals surface area contributed by atoms with Gasteiger partial charge in [0, 0.05) is 26.7 Å². The summed E-state index contributed by atoms with van der Waals surface area (Å²) in [6.07, 6.45) is 0.840. The minimum Gasteiger partial charge on any atom is -0.344 e. The second-order valence-electron chi connectivity index (χ2n) is 5.56. The molecule has 96 valence electrons. The maximum atomic E-state index is 12.1. The van der Waals surface area contributed by atoms with E-state index >= 15 is 0 Å². The highest BCUT2D eigenvalue weighted by Crippen LogP contribution is 2.24. The molecule has 0 saturated carbocycles. The highest BCUT2D eigenvalue weighted by atomic mass is 16.2. The Morgan fingerprint density at radius 1 is 1.44 bits per heavy atom. The van der Waals surface area contributed by atoms with Crippen LogP contribution in [0.25, 0.3) is 0 Å². The average molecular weight is 229 g/mol. The normalized spacial score (nSPS) is 13.6. The van der Waals surface area contributed by atoms with Crippen molar-refractivity contribution in [3.63, 3.8) is 0 Å². The van der Waals surface area contributed by atoms with E-state index < -0.39 is 0 Å². The zero-order chi connectivity index (χ0) is 12.8. The summed E-state index contributed by atoms with van der Waals surface area (Å²) in [5.41, 5.74) is 5.83. The van der Waals surface area contributed by atoms with Gasteiger partial charge in [0.25, 0.3) is 0 Å². The molecule has 0 aromatic heterocycles. The molecule has 4 heteroatoms. The summed E-state index contributed by atoms with van der Waals surface area (Å²) in [5, 5.41) is 3.03. The van der Waals surface area contributed by atoms with Crippen LogP contribution < -0.4 is 11.1 Å². The van der Waals surface area contributed by atoms with Gasteiger partial charge >= 0.3 is 0 Å². The third-order valence-electron chi connectivity index (χ3n) is 2.57. The maximum absolute atomic E-state index is 12.1. The van der Waals surface area contributed by atoms with Crippen LogP contribution in [-0.2, 0) is 4.79 Å². The molecule has 0 aliphatic rings. The van der Waals surface area contributed by atoms with Crippen LogP contribution in [0.15, 0.2) is 0 Å². The van der Waals surface area contributed by atoms with Gasteiger partial charge in [0.2, 0.25) is 5.91 Å². The van der Waals surface area contributed by atoms with Crippen LogP contribution in [0.1, 0.15) is 27.2 Å². The summed E-state index contributed by atoms with van der Waals surface area (Å²) in [6, 6.07) is 0. The molecule has 4 nitrogen and oxygen atoms in total. The fourth-order valence-corrected chi connectivity index (χ4v) is 1.71. The van der Waals surface area contributed by atoms with Gasteiger partial charge < -0.3 is 16.0 Å². The largest absolute Gasteiger partial charge is 0.344 e. The third-order valence-corrected chi connectivity index (χ3v) is 2.57. The van der Waals surface area contributed by atoms with Crippen LogP contribution in [0.4, 0.5) is 0 Å². The highest BCUT2D eigenvalue weighted by molar-refractivity contribution is 5.78. The first-order chi connectivity index (χ1) is 7.31. The number of hydrogen-bond acceptors (Lipinski definition) is 3. The first-order valence-corrected chi connectivity index (χ1v) is 5.91. The quantitative estimate of drug-likeness (QED) is 0.704. The number of nitrogens with one attached hydrogen (secondary N) is 1. The Kier molecular flexibility index (Phi) is 6.60. The van der Waals surface area contributed by atoms with Crippen LogP contribution in [0.2, 0.25) is 0 Å². The van der Waals surface area contributed by atoms with Gasteiger partial charge in [0.15, 0.2) is 0 Å². The van der Waals surface area contributed by atoms with Gasteiger partial charge in [-0.25, -0.2) is 0 Å². The monoisotopic (exact) mass is 229 g/mol. The van der Waals surface area contributed by atoms with Crippen molar-refractivity contribution >= 4 is 5.91 Å². The number of carbonyl (C=O) groups is 1. The van der Waals surface area contributed by atoms with Crippen molar-refractivity contribution < 1.29 is 4.79 Å². The van der Waals surface area contributed by atoms with Crippen molar-refractivity contribution in [1.82, 2.24) is 10.2 Å². The zero-order valence-electron chi connectivity index (χ0n) is 11.3. The molecule has 1 atom stereocenters. The van der Waals surface area contributed by atoms with E-state index in [1.165, 1.54) is 0 Å². The van der Waals surface area contributed by atoms with E-state index in [1.54, 1.807) is 4.90 Å². The van der Waals surface area contributed by atoms with Crippen LogP contribution in [0, 0.1) is 11.3 Å². The van der Waals surface area contributed by atoms with Crippen LogP contribution in [0.5, 0.6) is 0 Å². The van der Waals surface area contributed by atoms with Gasteiger partial charge in [0.05, 0.1) is 5.92 Å². The maximum Gasteiger partial charge on any atom is 0.226 e. The molecule has 0 fully saturated rings. The Balaban J connectivity index is 4.30. The van der Waals surface area contributed by atoms with E-state index in [9.17, 15) is 4.79 Å². The molecular formula is C12H27N3O. The van der Waals surface area contributed by atoms with Crippen molar-refractivity contribution in [3.05, 3.63) is 0 Å². The average Bonchev–Trinajstić information content (AvgIpc) is 2.20. The van der Waals surface area contributed by atoms with Gasteiger partial charge in [-0.05, 0) is 18.9 Å². The number of carbonyl (C=O) groups excluding carboxylic acids is 1. The topological polar surface area (TPSA) is 58.4 Å². The Labute approximate surface area is 99.6 Å².